The maximum atomic E-state index is 13.8. The minimum Gasteiger partial charge on any atom is -0.450 e. The Balaban J connectivity index is 1.58. The van der Waals surface area contributed by atoms with Gasteiger partial charge < -0.3 is 14.3 Å². The van der Waals surface area contributed by atoms with Gasteiger partial charge in [-0.3, -0.25) is 19.0 Å². The Bertz CT molecular complexity index is 1860. The van der Waals surface area contributed by atoms with E-state index in [0.29, 0.717) is 60.4 Å². The summed E-state index contributed by atoms with van der Waals surface area (Å²) >= 11 is 8.56. The number of aromatic amines is 1. The second kappa shape index (κ2) is 11.4. The first-order valence-corrected chi connectivity index (χ1v) is 14.6. The van der Waals surface area contributed by atoms with Gasteiger partial charge in [0, 0.05) is 35.9 Å². The number of benzene rings is 1. The molecular formula is C28H26ClN5O4S2. The third kappa shape index (κ3) is 5.49. The third-order valence-corrected chi connectivity index (χ3v) is 8.45. The summed E-state index contributed by atoms with van der Waals surface area (Å²) in [5.74, 6) is 0.303. The fourth-order valence-corrected chi connectivity index (χ4v) is 6.49. The predicted octanol–water partition coefficient (Wildman–Crippen LogP) is 3.89. The van der Waals surface area contributed by atoms with Crippen LogP contribution >= 0.6 is 34.7 Å². The fourth-order valence-electron chi connectivity index (χ4n) is 4.53. The molecule has 0 bridgehead atoms. The van der Waals surface area contributed by atoms with Crippen molar-refractivity contribution >= 4 is 46.7 Å². The SMILES string of the molecule is CCN(CC)C(=O)C1=C(C)N=c2s/c(=C\c3ccc(Sc4nc(C)cc(=O)[nH]4)o3)c(=O)n2[C@@H]1c1ccc(Cl)cc1. The number of likely N-dealkylation sites (N-methyl/N-ethyl adjacent to an activating group) is 1. The molecule has 1 aliphatic heterocycles. The number of rotatable bonds is 7. The van der Waals surface area contributed by atoms with E-state index in [0.717, 1.165) is 5.56 Å². The number of halogens is 1. The number of aryl methyl sites for hydroxylation is 1. The average molecular weight is 596 g/mol. The first-order valence-electron chi connectivity index (χ1n) is 12.6. The number of nitrogens with one attached hydrogen (secondary N) is 1. The molecule has 0 saturated heterocycles. The number of hydrogen-bond donors (Lipinski definition) is 1. The summed E-state index contributed by atoms with van der Waals surface area (Å²) < 4.78 is 7.90. The van der Waals surface area contributed by atoms with Gasteiger partial charge in [-0.05, 0) is 69.3 Å². The Morgan fingerprint density at radius 1 is 1.18 bits per heavy atom. The normalized spacial score (nSPS) is 15.2. The number of allylic oxidation sites excluding steroid dienone is 1. The molecule has 0 spiro atoms. The minimum absolute atomic E-state index is 0.156. The maximum absolute atomic E-state index is 13.8. The molecule has 9 nitrogen and oxygen atoms in total. The highest BCUT2D eigenvalue weighted by atomic mass is 35.5. The minimum atomic E-state index is -0.657. The number of amides is 1. The van der Waals surface area contributed by atoms with Crippen LogP contribution in [0.25, 0.3) is 6.08 Å². The molecule has 0 saturated carbocycles. The smallest absolute Gasteiger partial charge is 0.271 e. The molecule has 0 fully saturated rings. The van der Waals surface area contributed by atoms with Crippen LogP contribution in [-0.2, 0) is 4.79 Å². The molecule has 0 aliphatic carbocycles. The fraction of sp³-hybridized carbons (Fsp3) is 0.250. The highest BCUT2D eigenvalue weighted by Crippen LogP contribution is 2.32. The molecule has 1 N–H and O–H groups in total. The zero-order chi connectivity index (χ0) is 28.6. The molecule has 0 unspecified atom stereocenters. The van der Waals surface area contributed by atoms with Gasteiger partial charge in [-0.25, -0.2) is 9.98 Å². The van der Waals surface area contributed by atoms with Crippen LogP contribution in [0.1, 0.15) is 43.8 Å². The Kier molecular flexibility index (Phi) is 7.97. The zero-order valence-electron chi connectivity index (χ0n) is 22.2. The molecule has 1 atom stereocenters. The largest absolute Gasteiger partial charge is 0.450 e. The monoisotopic (exact) mass is 595 g/mol. The summed E-state index contributed by atoms with van der Waals surface area (Å²) in [6.07, 6.45) is 1.66. The van der Waals surface area contributed by atoms with E-state index in [4.69, 9.17) is 16.0 Å². The van der Waals surface area contributed by atoms with Crippen molar-refractivity contribution in [1.29, 1.82) is 0 Å². The van der Waals surface area contributed by atoms with Gasteiger partial charge in [-0.1, -0.05) is 35.1 Å². The number of hydrogen-bond acceptors (Lipinski definition) is 8. The van der Waals surface area contributed by atoms with Gasteiger partial charge in [0.15, 0.2) is 15.1 Å². The highest BCUT2D eigenvalue weighted by Gasteiger charge is 2.34. The summed E-state index contributed by atoms with van der Waals surface area (Å²) in [5, 5.41) is 1.48. The molecule has 0 radical (unpaired) electrons. The van der Waals surface area contributed by atoms with E-state index in [1.165, 1.54) is 29.2 Å². The van der Waals surface area contributed by atoms with E-state index in [2.05, 4.69) is 15.0 Å². The second-order valence-corrected chi connectivity index (χ2v) is 11.5. The van der Waals surface area contributed by atoms with E-state index in [9.17, 15) is 14.4 Å². The van der Waals surface area contributed by atoms with Crippen molar-refractivity contribution in [3.63, 3.8) is 0 Å². The van der Waals surface area contributed by atoms with Gasteiger partial charge in [0.25, 0.3) is 17.0 Å². The molecule has 1 aliphatic rings. The molecule has 3 aromatic heterocycles. The molecule has 1 aromatic carbocycles. The lowest BCUT2D eigenvalue weighted by atomic mass is 9.94. The van der Waals surface area contributed by atoms with E-state index in [1.54, 1.807) is 53.7 Å². The van der Waals surface area contributed by atoms with E-state index in [1.807, 2.05) is 26.0 Å². The summed E-state index contributed by atoms with van der Waals surface area (Å²) in [7, 11) is 0. The highest BCUT2D eigenvalue weighted by molar-refractivity contribution is 7.99. The molecule has 4 aromatic rings. The van der Waals surface area contributed by atoms with Gasteiger partial charge >= 0.3 is 0 Å². The van der Waals surface area contributed by atoms with Crippen molar-refractivity contribution in [3.8, 4) is 0 Å². The Hall–Kier alpha value is -3.67. The van der Waals surface area contributed by atoms with Crippen LogP contribution in [0, 0.1) is 6.92 Å². The van der Waals surface area contributed by atoms with Gasteiger partial charge in [0.1, 0.15) is 5.76 Å². The van der Waals surface area contributed by atoms with Crippen LogP contribution in [0.15, 0.2) is 83.0 Å². The Morgan fingerprint density at radius 2 is 1.90 bits per heavy atom. The molecule has 12 heteroatoms. The van der Waals surface area contributed by atoms with Crippen molar-refractivity contribution in [2.24, 2.45) is 4.99 Å². The third-order valence-electron chi connectivity index (χ3n) is 6.41. The number of nitrogens with zero attached hydrogens (tertiary/aromatic N) is 4. The van der Waals surface area contributed by atoms with E-state index >= 15 is 0 Å². The molecule has 5 rings (SSSR count). The predicted molar refractivity (Wildman–Crippen MR) is 156 cm³/mol. The number of furan rings is 1. The van der Waals surface area contributed by atoms with Crippen molar-refractivity contribution in [1.82, 2.24) is 19.4 Å². The van der Waals surface area contributed by atoms with Crippen molar-refractivity contribution in [3.05, 3.63) is 106 Å². The molecular weight excluding hydrogens is 570 g/mol. The maximum Gasteiger partial charge on any atom is 0.271 e. The van der Waals surface area contributed by atoms with Crippen LogP contribution in [0.4, 0.5) is 0 Å². The zero-order valence-corrected chi connectivity index (χ0v) is 24.6. The van der Waals surface area contributed by atoms with Crippen molar-refractivity contribution in [2.45, 2.75) is 44.0 Å². The summed E-state index contributed by atoms with van der Waals surface area (Å²) in [4.78, 5) is 53.1. The van der Waals surface area contributed by atoms with E-state index < -0.39 is 6.04 Å². The summed E-state index contributed by atoms with van der Waals surface area (Å²) in [6.45, 7) is 8.46. The van der Waals surface area contributed by atoms with Crippen molar-refractivity contribution < 1.29 is 9.21 Å². The van der Waals surface area contributed by atoms with Crippen LogP contribution in [0.3, 0.4) is 0 Å². The molecule has 40 heavy (non-hydrogen) atoms. The average Bonchev–Trinajstić information content (AvgIpc) is 3.47. The first kappa shape index (κ1) is 27.9. The Labute approximate surface area is 242 Å². The van der Waals surface area contributed by atoms with Gasteiger partial charge in [-0.2, -0.15) is 0 Å². The van der Waals surface area contributed by atoms with Gasteiger partial charge in [0.2, 0.25) is 0 Å². The van der Waals surface area contributed by atoms with Crippen molar-refractivity contribution in [2.75, 3.05) is 13.1 Å². The number of thiazole rings is 1. The number of carbonyl (C=O) groups is 1. The van der Waals surface area contributed by atoms with E-state index in [-0.39, 0.29) is 17.0 Å². The quantitative estimate of drug-likeness (QED) is 0.324. The number of H-pyrrole nitrogens is 1. The number of carbonyl (C=O) groups excluding carboxylic acids is 1. The summed E-state index contributed by atoms with van der Waals surface area (Å²) in [6, 6.07) is 11.4. The lowest BCUT2D eigenvalue weighted by molar-refractivity contribution is -0.127. The van der Waals surface area contributed by atoms with Gasteiger partial charge in [-0.15, -0.1) is 0 Å². The second-order valence-electron chi connectivity index (χ2n) is 9.06. The summed E-state index contributed by atoms with van der Waals surface area (Å²) in [5.41, 5.74) is 1.87. The van der Waals surface area contributed by atoms with Crippen LogP contribution in [0.5, 0.6) is 0 Å². The molecule has 4 heterocycles. The lowest BCUT2D eigenvalue weighted by Crippen LogP contribution is -2.43. The topological polar surface area (TPSA) is 114 Å². The number of aromatic nitrogens is 3. The molecule has 206 valence electrons. The first-order chi connectivity index (χ1) is 19.2. The standard InChI is InChI=1S/C28H26ClN5O4S2/c1-5-33(6-2)26(37)23-16(4)31-28-34(24(23)17-7-9-18(29)10-8-17)25(36)20(39-28)14-19-11-12-22(38-19)40-27-30-15(3)13-21(35)32-27/h7-14,24H,5-6H2,1-4H3,(H,30,32,35)/b20-14-/t24-/m1/s1. The number of fused-ring (bicyclic) bond motifs is 1. The van der Waals surface area contributed by atoms with Gasteiger partial charge in [0.05, 0.1) is 21.8 Å². The van der Waals surface area contributed by atoms with Crippen LogP contribution in [0.2, 0.25) is 5.02 Å². The lowest BCUT2D eigenvalue weighted by Gasteiger charge is -2.29. The Morgan fingerprint density at radius 3 is 2.58 bits per heavy atom. The van der Waals surface area contributed by atoms with Crippen LogP contribution < -0.4 is 20.5 Å². The van der Waals surface area contributed by atoms with Crippen LogP contribution in [-0.4, -0.2) is 38.4 Å². The molecule has 1 amide bonds.